The van der Waals surface area contributed by atoms with Crippen molar-refractivity contribution in [1.29, 1.82) is 0 Å². The number of aryl methyl sites for hydroxylation is 1. The molecule has 0 amide bonds. The summed E-state index contributed by atoms with van der Waals surface area (Å²) in [5.74, 6) is 1.60. The number of rotatable bonds is 9. The third-order valence-electron chi connectivity index (χ3n) is 3.10. The maximum Gasteiger partial charge on any atom is 0.0699 e. The molecular formula is C17H26OS. The van der Waals surface area contributed by atoms with E-state index < -0.39 is 0 Å². The van der Waals surface area contributed by atoms with E-state index in [1.54, 1.807) is 0 Å². The molecule has 106 valence electrons. The molecule has 0 aliphatic rings. The van der Waals surface area contributed by atoms with E-state index in [0.717, 1.165) is 25.2 Å². The van der Waals surface area contributed by atoms with Crippen LogP contribution in [-0.2, 0) is 11.2 Å². The number of hydrogen-bond acceptors (Lipinski definition) is 2. The predicted molar refractivity (Wildman–Crippen MR) is 87.0 cm³/mol. The van der Waals surface area contributed by atoms with Gasteiger partial charge in [0.25, 0.3) is 0 Å². The highest BCUT2D eigenvalue weighted by Crippen LogP contribution is 2.13. The second kappa shape index (κ2) is 9.22. The van der Waals surface area contributed by atoms with Crippen LogP contribution in [0.15, 0.2) is 36.9 Å². The van der Waals surface area contributed by atoms with Crippen LogP contribution in [0.1, 0.15) is 24.5 Å². The maximum absolute atomic E-state index is 5.99. The van der Waals surface area contributed by atoms with Gasteiger partial charge in [0.15, 0.2) is 0 Å². The number of ether oxygens (including phenoxy) is 1. The van der Waals surface area contributed by atoms with Crippen LogP contribution >= 0.6 is 11.8 Å². The Morgan fingerprint density at radius 2 is 2.00 bits per heavy atom. The third-order valence-corrected chi connectivity index (χ3v) is 3.81. The second-order valence-electron chi connectivity index (χ2n) is 5.23. The van der Waals surface area contributed by atoms with E-state index in [1.165, 1.54) is 11.1 Å². The molecule has 0 aromatic heterocycles. The topological polar surface area (TPSA) is 9.23 Å². The van der Waals surface area contributed by atoms with Crippen LogP contribution in [0.3, 0.4) is 0 Å². The minimum absolute atomic E-state index is 0.313. The second-order valence-corrected chi connectivity index (χ2v) is 6.14. The van der Waals surface area contributed by atoms with Crippen LogP contribution in [0, 0.1) is 12.8 Å². The lowest BCUT2D eigenvalue weighted by molar-refractivity contribution is 0.0489. The summed E-state index contributed by atoms with van der Waals surface area (Å²) in [6.45, 7) is 9.00. The molecule has 19 heavy (non-hydrogen) atoms. The van der Waals surface area contributed by atoms with Gasteiger partial charge in [0, 0.05) is 12.4 Å². The first kappa shape index (κ1) is 16.3. The van der Waals surface area contributed by atoms with Crippen LogP contribution in [0.2, 0.25) is 0 Å². The van der Waals surface area contributed by atoms with Crippen LogP contribution in [0.4, 0.5) is 0 Å². The minimum Gasteiger partial charge on any atom is -0.377 e. The van der Waals surface area contributed by atoms with E-state index in [2.05, 4.69) is 50.9 Å². The van der Waals surface area contributed by atoms with Gasteiger partial charge in [-0.05, 0) is 37.5 Å². The summed E-state index contributed by atoms with van der Waals surface area (Å²) >= 11 is 1.83. The normalized spacial score (nSPS) is 14.1. The summed E-state index contributed by atoms with van der Waals surface area (Å²) < 4.78 is 5.99. The molecule has 1 rings (SSSR count). The quantitative estimate of drug-likeness (QED) is 0.615. The fourth-order valence-corrected chi connectivity index (χ4v) is 2.65. The highest BCUT2D eigenvalue weighted by atomic mass is 32.2. The fourth-order valence-electron chi connectivity index (χ4n) is 2.04. The molecule has 0 heterocycles. The van der Waals surface area contributed by atoms with Gasteiger partial charge in [-0.1, -0.05) is 42.8 Å². The van der Waals surface area contributed by atoms with Gasteiger partial charge in [-0.3, -0.25) is 0 Å². The lowest BCUT2D eigenvalue weighted by atomic mass is 10.0. The fraction of sp³-hybridized carbons (Fsp3) is 0.529. The maximum atomic E-state index is 5.99. The smallest absolute Gasteiger partial charge is 0.0699 e. The average Bonchev–Trinajstić information content (AvgIpc) is 2.39. The highest BCUT2D eigenvalue weighted by molar-refractivity contribution is 7.98. The average molecular weight is 278 g/mol. The van der Waals surface area contributed by atoms with Crippen molar-refractivity contribution in [2.45, 2.75) is 32.8 Å². The van der Waals surface area contributed by atoms with E-state index >= 15 is 0 Å². The van der Waals surface area contributed by atoms with Crippen LogP contribution in [-0.4, -0.2) is 24.7 Å². The van der Waals surface area contributed by atoms with E-state index in [4.69, 9.17) is 4.74 Å². The summed E-state index contributed by atoms with van der Waals surface area (Å²) in [6, 6.07) is 8.79. The first-order valence-corrected chi connectivity index (χ1v) is 8.32. The molecule has 1 nitrogen and oxygen atoms in total. The first-order valence-electron chi connectivity index (χ1n) is 6.92. The molecule has 0 saturated heterocycles. The van der Waals surface area contributed by atoms with Crippen molar-refractivity contribution in [3.05, 3.63) is 48.0 Å². The molecule has 1 aromatic carbocycles. The van der Waals surface area contributed by atoms with Crippen molar-refractivity contribution in [1.82, 2.24) is 0 Å². The molecule has 0 aliphatic heterocycles. The van der Waals surface area contributed by atoms with Crippen LogP contribution in [0.25, 0.3) is 0 Å². The minimum atomic E-state index is 0.313. The van der Waals surface area contributed by atoms with Gasteiger partial charge < -0.3 is 4.74 Å². The molecule has 2 atom stereocenters. The Morgan fingerprint density at radius 1 is 1.32 bits per heavy atom. The summed E-state index contributed by atoms with van der Waals surface area (Å²) in [4.78, 5) is 0. The number of benzene rings is 1. The number of hydrogen-bond donors (Lipinski definition) is 0. The Kier molecular flexibility index (Phi) is 7.92. The summed E-state index contributed by atoms with van der Waals surface area (Å²) in [5, 5.41) is 0. The molecule has 0 aliphatic carbocycles. The Bertz CT molecular complexity index is 358. The molecule has 2 unspecified atom stereocenters. The summed E-state index contributed by atoms with van der Waals surface area (Å²) in [6.07, 6.45) is 6.41. The molecule has 0 saturated carbocycles. The Labute approximate surface area is 122 Å². The van der Waals surface area contributed by atoms with Crippen LogP contribution < -0.4 is 0 Å². The lowest BCUT2D eigenvalue weighted by Gasteiger charge is -2.19. The van der Waals surface area contributed by atoms with Gasteiger partial charge in [-0.15, -0.1) is 6.58 Å². The van der Waals surface area contributed by atoms with Crippen molar-refractivity contribution in [2.24, 2.45) is 5.92 Å². The van der Waals surface area contributed by atoms with E-state index in [9.17, 15) is 0 Å². The molecule has 0 N–H and O–H groups in total. The van der Waals surface area contributed by atoms with Crippen molar-refractivity contribution in [3.63, 3.8) is 0 Å². The van der Waals surface area contributed by atoms with Crippen molar-refractivity contribution >= 4 is 11.8 Å². The zero-order valence-electron chi connectivity index (χ0n) is 12.4. The van der Waals surface area contributed by atoms with Crippen LogP contribution in [0.5, 0.6) is 0 Å². The van der Waals surface area contributed by atoms with Gasteiger partial charge in [0.1, 0.15) is 0 Å². The van der Waals surface area contributed by atoms with Gasteiger partial charge in [-0.2, -0.15) is 11.8 Å². The van der Waals surface area contributed by atoms with E-state index in [1.807, 2.05) is 17.8 Å². The zero-order valence-corrected chi connectivity index (χ0v) is 13.2. The molecule has 0 radical (unpaired) electrons. The lowest BCUT2D eigenvalue weighted by Crippen LogP contribution is -2.20. The largest absolute Gasteiger partial charge is 0.377 e. The van der Waals surface area contributed by atoms with Crippen molar-refractivity contribution in [2.75, 3.05) is 18.6 Å². The molecule has 2 heteroatoms. The standard InChI is InChI=1S/C17H26OS/c1-5-6-17(13-19-4)18-12-15(3)11-16-9-7-14(2)8-10-16/h5,7-10,15,17H,1,6,11-13H2,2-4H3. The highest BCUT2D eigenvalue weighted by Gasteiger charge is 2.10. The summed E-state index contributed by atoms with van der Waals surface area (Å²) in [5.41, 5.74) is 2.71. The number of thioether (sulfide) groups is 1. The Morgan fingerprint density at radius 3 is 2.58 bits per heavy atom. The van der Waals surface area contributed by atoms with Gasteiger partial charge in [0.05, 0.1) is 6.10 Å². The van der Waals surface area contributed by atoms with Crippen molar-refractivity contribution < 1.29 is 4.74 Å². The Balaban J connectivity index is 2.35. The molecule has 0 spiro atoms. The van der Waals surface area contributed by atoms with Gasteiger partial charge in [-0.25, -0.2) is 0 Å². The zero-order chi connectivity index (χ0) is 14.1. The first-order chi connectivity index (χ1) is 9.15. The SMILES string of the molecule is C=CCC(CSC)OCC(C)Cc1ccc(C)cc1. The molecule has 0 fully saturated rings. The van der Waals surface area contributed by atoms with Crippen molar-refractivity contribution in [3.8, 4) is 0 Å². The molecule has 0 bridgehead atoms. The molecule has 1 aromatic rings. The van der Waals surface area contributed by atoms with Gasteiger partial charge in [0.2, 0.25) is 0 Å². The third kappa shape index (κ3) is 6.84. The van der Waals surface area contributed by atoms with E-state index in [-0.39, 0.29) is 0 Å². The summed E-state index contributed by atoms with van der Waals surface area (Å²) in [7, 11) is 0. The van der Waals surface area contributed by atoms with E-state index in [0.29, 0.717) is 12.0 Å². The molecular weight excluding hydrogens is 252 g/mol. The Hall–Kier alpha value is -0.730. The van der Waals surface area contributed by atoms with Gasteiger partial charge >= 0.3 is 0 Å². The predicted octanol–water partition coefficient (Wildman–Crippen LogP) is 4.50. The monoisotopic (exact) mass is 278 g/mol.